The summed E-state index contributed by atoms with van der Waals surface area (Å²) in [7, 11) is 5.77. The quantitative estimate of drug-likeness (QED) is 0.316. The SMILES string of the molecule is CO[C](=[Cr])/C=C/c1ccc(/C=C/[C](=[W])N(C)C)cc1.[C-]#[O+].[C-]#[O+].[C-]#[O+].[C-]#[O+].[C-]#[O+].[C-]#[O+].[C-]#[O+].[C-]#[O+].[C-]#[O+].[C-]#[O+]. The van der Waals surface area contributed by atoms with Gasteiger partial charge in [0.05, 0.1) is 0 Å². The third-order valence-corrected chi connectivity index (χ3v) is 4.68. The Morgan fingerprint density at radius 2 is 0.846 bits per heavy atom. The van der Waals surface area contributed by atoms with Crippen LogP contribution < -0.4 is 0 Å². The summed E-state index contributed by atoms with van der Waals surface area (Å²) in [6.45, 7) is 45.0. The third-order valence-electron chi connectivity index (χ3n) is 2.41. The van der Waals surface area contributed by atoms with Gasteiger partial charge in [-0.25, -0.2) is 0 Å². The Labute approximate surface area is 246 Å². The van der Waals surface area contributed by atoms with E-state index in [2.05, 4.69) is 138 Å². The van der Waals surface area contributed by atoms with Crippen molar-refractivity contribution in [1.29, 1.82) is 0 Å². The van der Waals surface area contributed by atoms with Crippen molar-refractivity contribution in [2.45, 2.75) is 0 Å². The van der Waals surface area contributed by atoms with Gasteiger partial charge in [0, 0.05) is 0 Å². The molecule has 0 aromatic heterocycles. The first-order valence-corrected chi connectivity index (χ1v) is 9.93. The van der Waals surface area contributed by atoms with Gasteiger partial charge in [0.25, 0.3) is 0 Å². The van der Waals surface area contributed by atoms with Crippen molar-refractivity contribution in [3.63, 3.8) is 0 Å². The zero-order valence-electron chi connectivity index (χ0n) is 20.4. The molecule has 14 heteroatoms. The van der Waals surface area contributed by atoms with Gasteiger partial charge >= 0.3 is 247 Å². The molecular formula is C25H17CrNO11W. The van der Waals surface area contributed by atoms with Crippen LogP contribution in [0.5, 0.6) is 0 Å². The molecule has 0 N–H and O–H groups in total. The molecule has 1 rings (SSSR count). The summed E-state index contributed by atoms with van der Waals surface area (Å²) in [6, 6.07) is 8.41. The van der Waals surface area contributed by atoms with Gasteiger partial charge in [-0.1, -0.05) is 0 Å². The summed E-state index contributed by atoms with van der Waals surface area (Å²) < 4.78 is 82.1. The van der Waals surface area contributed by atoms with Crippen LogP contribution in [0.4, 0.5) is 0 Å². The fourth-order valence-corrected chi connectivity index (χ4v) is 1.62. The van der Waals surface area contributed by atoms with Gasteiger partial charge in [0.2, 0.25) is 0 Å². The van der Waals surface area contributed by atoms with Gasteiger partial charge in [0.15, 0.2) is 0 Å². The standard InChI is InChI=1S/C15H17NO.10CO.Cr.W/c1-16(2)12-4-6-14-8-10-15(11-9-14)7-5-13-17-3;10*1-2;;/h4-11H,1-3H3;;;;;;;;;;;;/b6-4+,7-5+;;;;;;;;;;;;. The van der Waals surface area contributed by atoms with E-state index in [1.54, 1.807) is 7.11 Å². The summed E-state index contributed by atoms with van der Waals surface area (Å²) in [4.78, 5) is 2.13. The number of methoxy groups -OCH3 is 1. The van der Waals surface area contributed by atoms with E-state index in [4.69, 9.17) is 51.3 Å². The van der Waals surface area contributed by atoms with Crippen LogP contribution >= 0.6 is 0 Å². The molecule has 1 aromatic carbocycles. The Kier molecular flexibility index (Phi) is 153. The molecule has 0 heterocycles. The van der Waals surface area contributed by atoms with E-state index < -0.39 is 0 Å². The van der Waals surface area contributed by atoms with Crippen molar-refractivity contribution in [1.82, 2.24) is 4.90 Å². The number of likely N-dealkylation sites (N-methyl/N-ethyl adjacent to an activating group) is 1. The van der Waals surface area contributed by atoms with Crippen LogP contribution in [0.2, 0.25) is 0 Å². The molecule has 0 amide bonds. The first-order chi connectivity index (χ1) is 19.0. The molecule has 0 bridgehead atoms. The fourth-order valence-electron chi connectivity index (χ4n) is 1.27. The van der Waals surface area contributed by atoms with Crippen molar-refractivity contribution >= 4 is 20.7 Å². The summed E-state index contributed by atoms with van der Waals surface area (Å²) in [5.74, 6) is 0. The molecule has 0 unspecified atom stereocenters. The normalized spacial score (nSPS) is 6.15. The zero-order valence-corrected chi connectivity index (χ0v) is 24.6. The second-order valence-corrected chi connectivity index (χ2v) is 6.22. The van der Waals surface area contributed by atoms with Crippen LogP contribution in [0.25, 0.3) is 12.2 Å². The molecule has 0 aliphatic rings. The number of nitrogens with zero attached hydrogens (tertiary/aromatic N) is 1. The monoisotopic (exact) mass is 743 g/mol. The van der Waals surface area contributed by atoms with Crippen LogP contribution in [-0.4, -0.2) is 34.7 Å². The number of rotatable bonds is 6. The number of hydrogen-bond donors (Lipinski definition) is 0. The minimum absolute atomic E-state index is 0.781. The average Bonchev–Trinajstić information content (AvgIpc) is 3.08. The van der Waals surface area contributed by atoms with Crippen molar-refractivity contribution < 1.29 is 86.5 Å². The summed E-state index contributed by atoms with van der Waals surface area (Å²) in [6.07, 6.45) is 8.22. The van der Waals surface area contributed by atoms with Crippen molar-refractivity contribution in [2.75, 3.05) is 21.2 Å². The predicted octanol–water partition coefficient (Wildman–Crippen LogP) is 1.90. The molecule has 0 spiro atoms. The Hall–Kier alpha value is -3.02. The first-order valence-electron chi connectivity index (χ1n) is 7.82. The van der Waals surface area contributed by atoms with E-state index in [0.717, 1.165) is 10.1 Å². The molecule has 1 aromatic rings. The molecule has 0 radical (unpaired) electrons. The maximum absolute atomic E-state index is 7.50. The maximum atomic E-state index is 7.50. The average molecular weight is 743 g/mol. The van der Waals surface area contributed by atoms with Gasteiger partial charge in [-0.2, -0.15) is 0 Å². The summed E-state index contributed by atoms with van der Waals surface area (Å²) in [5, 5.41) is 0. The molecule has 0 saturated carbocycles. The van der Waals surface area contributed by atoms with E-state index in [1.165, 1.54) is 28.9 Å². The molecule has 0 fully saturated rings. The van der Waals surface area contributed by atoms with Gasteiger partial charge in [0.1, 0.15) is 0 Å². The van der Waals surface area contributed by atoms with E-state index in [-0.39, 0.29) is 0 Å². The Morgan fingerprint density at radius 3 is 1.05 bits per heavy atom. The molecule has 39 heavy (non-hydrogen) atoms. The van der Waals surface area contributed by atoms with Gasteiger partial charge in [-0.05, 0) is 0 Å². The number of benzene rings is 1. The number of hydrogen-bond acceptors (Lipinski definition) is 2. The van der Waals surface area contributed by atoms with Gasteiger partial charge in [-0.15, -0.1) is 0 Å². The van der Waals surface area contributed by atoms with E-state index in [9.17, 15) is 0 Å². The van der Waals surface area contributed by atoms with Crippen molar-refractivity contribution in [3.05, 3.63) is 114 Å². The molecule has 12 nitrogen and oxygen atoms in total. The third kappa shape index (κ3) is 72.0. The Bertz CT molecular complexity index is 830. The van der Waals surface area contributed by atoms with Crippen molar-refractivity contribution in [3.8, 4) is 0 Å². The fraction of sp³-hybridized carbons (Fsp3) is 0.120. The van der Waals surface area contributed by atoms with Crippen LogP contribution in [-0.2, 0) is 86.5 Å². The zero-order chi connectivity index (χ0) is 34.3. The number of ether oxygens (including phenoxy) is 1. The van der Waals surface area contributed by atoms with Crippen LogP contribution in [0.3, 0.4) is 0 Å². The molecule has 0 atom stereocenters. The van der Waals surface area contributed by atoms with Crippen molar-refractivity contribution in [2.24, 2.45) is 0 Å². The molecule has 0 saturated heterocycles. The van der Waals surface area contributed by atoms with Gasteiger partial charge < -0.3 is 0 Å². The Morgan fingerprint density at radius 1 is 0.615 bits per heavy atom. The molecule has 0 aliphatic carbocycles. The second-order valence-electron chi connectivity index (χ2n) is 4.09. The first kappa shape index (κ1) is 65.2. The van der Waals surface area contributed by atoms with Crippen LogP contribution in [0, 0.1) is 66.5 Å². The molecule has 0 aliphatic heterocycles. The predicted molar refractivity (Wildman–Crippen MR) is 115 cm³/mol. The van der Waals surface area contributed by atoms with E-state index in [1.807, 2.05) is 12.2 Å². The summed E-state index contributed by atoms with van der Waals surface area (Å²) >= 11 is 4.31. The van der Waals surface area contributed by atoms with E-state index >= 15 is 0 Å². The van der Waals surface area contributed by atoms with Crippen LogP contribution in [0.15, 0.2) is 36.4 Å². The Balaban J connectivity index is -0.0000000442. The molecule has 200 valence electrons. The van der Waals surface area contributed by atoms with E-state index in [0.29, 0.717) is 0 Å². The van der Waals surface area contributed by atoms with Crippen LogP contribution in [0.1, 0.15) is 11.1 Å². The van der Waals surface area contributed by atoms with Gasteiger partial charge in [-0.3, -0.25) is 0 Å². The minimum atomic E-state index is 0.781. The molecular weight excluding hydrogens is 726 g/mol. The second kappa shape index (κ2) is 91.8. The topological polar surface area (TPSA) is 211 Å². The summed E-state index contributed by atoms with van der Waals surface area (Å²) in [5.41, 5.74) is 2.36.